The molecule has 0 aromatic heterocycles. The molecule has 2 N–H and O–H groups in total. The van der Waals surface area contributed by atoms with Gasteiger partial charge in [-0.1, -0.05) is 54.6 Å². The van der Waals surface area contributed by atoms with Crippen LogP contribution in [0.15, 0.2) is 54.6 Å². The quantitative estimate of drug-likeness (QED) is 0.921. The highest BCUT2D eigenvalue weighted by Gasteiger charge is 2.49. The number of fused-ring (bicyclic) bond motifs is 1. The number of hydrogen-bond acceptors (Lipinski definition) is 2. The number of nitrogens with zero attached hydrogens (tertiary/aromatic N) is 1. The second-order valence-electron chi connectivity index (χ2n) is 6.50. The van der Waals surface area contributed by atoms with Crippen LogP contribution in [0.5, 0.6) is 0 Å². The Hall–Kier alpha value is -1.84. The third kappa shape index (κ3) is 2.87. The zero-order valence-corrected chi connectivity index (χ0v) is 13.8. The minimum absolute atomic E-state index is 0. The molecule has 1 saturated carbocycles. The lowest BCUT2D eigenvalue weighted by molar-refractivity contribution is -0.134. The first-order valence-corrected chi connectivity index (χ1v) is 7.88. The van der Waals surface area contributed by atoms with Gasteiger partial charge >= 0.3 is 0 Å². The summed E-state index contributed by atoms with van der Waals surface area (Å²) < 4.78 is 0. The summed E-state index contributed by atoms with van der Waals surface area (Å²) in [5.74, 6) is 0.348. The number of amides is 1. The molecule has 1 atom stereocenters. The van der Waals surface area contributed by atoms with Crippen LogP contribution >= 0.6 is 12.4 Å². The van der Waals surface area contributed by atoms with Crippen LogP contribution in [0.3, 0.4) is 0 Å². The summed E-state index contributed by atoms with van der Waals surface area (Å²) in [5.41, 5.74) is 9.37. The highest BCUT2D eigenvalue weighted by Crippen LogP contribution is 2.38. The fraction of sp³-hybridized carbons (Fsp3) is 0.316. The van der Waals surface area contributed by atoms with Crippen molar-refractivity contribution >= 4 is 18.3 Å². The van der Waals surface area contributed by atoms with Gasteiger partial charge in [0.05, 0.1) is 5.54 Å². The van der Waals surface area contributed by atoms with E-state index in [0.29, 0.717) is 6.54 Å². The summed E-state index contributed by atoms with van der Waals surface area (Å²) in [6.07, 6.45) is 1.64. The Labute approximate surface area is 142 Å². The first-order chi connectivity index (χ1) is 10.7. The van der Waals surface area contributed by atoms with Gasteiger partial charge < -0.3 is 10.6 Å². The third-order valence-corrected chi connectivity index (χ3v) is 4.90. The predicted molar refractivity (Wildman–Crippen MR) is 93.5 cm³/mol. The van der Waals surface area contributed by atoms with Gasteiger partial charge in [-0.05, 0) is 29.5 Å². The van der Waals surface area contributed by atoms with E-state index >= 15 is 0 Å². The molecule has 1 aliphatic carbocycles. The molecular formula is C19H21ClN2O. The van der Waals surface area contributed by atoms with E-state index in [9.17, 15) is 4.79 Å². The Morgan fingerprint density at radius 1 is 1.04 bits per heavy atom. The fourth-order valence-electron chi connectivity index (χ4n) is 3.40. The molecule has 1 unspecified atom stereocenters. The van der Waals surface area contributed by atoms with Crippen LogP contribution in [0.2, 0.25) is 0 Å². The molecule has 4 heteroatoms. The molecule has 2 aromatic rings. The molecule has 4 rings (SSSR count). The molecule has 120 valence electrons. The van der Waals surface area contributed by atoms with Crippen LogP contribution < -0.4 is 5.73 Å². The fourth-order valence-corrected chi connectivity index (χ4v) is 3.40. The van der Waals surface area contributed by atoms with Gasteiger partial charge in [-0.2, -0.15) is 0 Å². The van der Waals surface area contributed by atoms with Gasteiger partial charge in [0.25, 0.3) is 0 Å². The number of nitrogens with two attached hydrogens (primary N) is 1. The number of benzene rings is 2. The maximum atomic E-state index is 12.7. The molecular weight excluding hydrogens is 308 g/mol. The average Bonchev–Trinajstić information content (AvgIpc) is 3.33. The van der Waals surface area contributed by atoms with Crippen LogP contribution in [-0.2, 0) is 11.3 Å². The van der Waals surface area contributed by atoms with Crippen LogP contribution in [0.25, 0.3) is 0 Å². The van der Waals surface area contributed by atoms with Crippen LogP contribution in [0.4, 0.5) is 0 Å². The van der Waals surface area contributed by atoms with E-state index in [1.165, 1.54) is 16.7 Å². The van der Waals surface area contributed by atoms with Crippen molar-refractivity contribution in [1.29, 1.82) is 0 Å². The zero-order valence-electron chi connectivity index (χ0n) is 12.9. The first kappa shape index (κ1) is 16.0. The van der Waals surface area contributed by atoms with Gasteiger partial charge in [0.15, 0.2) is 0 Å². The van der Waals surface area contributed by atoms with Gasteiger partial charge in [0, 0.05) is 19.0 Å². The van der Waals surface area contributed by atoms with E-state index in [1.54, 1.807) is 0 Å². The number of carbonyl (C=O) groups is 1. The van der Waals surface area contributed by atoms with Gasteiger partial charge in [-0.3, -0.25) is 4.79 Å². The summed E-state index contributed by atoms with van der Waals surface area (Å²) >= 11 is 0. The monoisotopic (exact) mass is 328 g/mol. The number of carbonyl (C=O) groups excluding carboxylic acids is 1. The summed E-state index contributed by atoms with van der Waals surface area (Å²) in [5, 5.41) is 0. The Morgan fingerprint density at radius 2 is 1.70 bits per heavy atom. The minimum Gasteiger partial charge on any atom is -0.336 e. The van der Waals surface area contributed by atoms with Gasteiger partial charge in [-0.25, -0.2) is 0 Å². The molecule has 0 bridgehead atoms. The van der Waals surface area contributed by atoms with E-state index in [-0.39, 0.29) is 24.2 Å². The maximum absolute atomic E-state index is 12.7. The number of hydrogen-bond donors (Lipinski definition) is 1. The van der Waals surface area contributed by atoms with E-state index < -0.39 is 5.54 Å². The molecule has 0 spiro atoms. The SMILES string of the molecule is Cl.NC1(C(=O)N2Cc3ccccc3C(c3ccccc3)C2)CC1. The normalized spacial score (nSPS) is 21.1. The summed E-state index contributed by atoms with van der Waals surface area (Å²) in [6, 6.07) is 18.9. The minimum atomic E-state index is -0.590. The van der Waals surface area contributed by atoms with Crippen LogP contribution in [0.1, 0.15) is 35.4 Å². The highest BCUT2D eigenvalue weighted by molar-refractivity contribution is 5.89. The topological polar surface area (TPSA) is 46.3 Å². The lowest BCUT2D eigenvalue weighted by atomic mass is 9.84. The van der Waals surface area contributed by atoms with Crippen LogP contribution in [-0.4, -0.2) is 22.9 Å². The maximum Gasteiger partial charge on any atom is 0.242 e. The van der Waals surface area contributed by atoms with E-state index in [2.05, 4.69) is 42.5 Å². The molecule has 3 nitrogen and oxygen atoms in total. The van der Waals surface area contributed by atoms with E-state index in [1.807, 2.05) is 17.0 Å². The Balaban J connectivity index is 0.00000156. The van der Waals surface area contributed by atoms with Crippen LogP contribution in [0, 0.1) is 0 Å². The third-order valence-electron chi connectivity index (χ3n) is 4.90. The van der Waals surface area contributed by atoms with E-state index in [4.69, 9.17) is 5.73 Å². The molecule has 0 radical (unpaired) electrons. The summed E-state index contributed by atoms with van der Waals surface area (Å²) in [6.45, 7) is 1.40. The largest absolute Gasteiger partial charge is 0.336 e. The summed E-state index contributed by atoms with van der Waals surface area (Å²) in [4.78, 5) is 14.6. The molecule has 1 heterocycles. The van der Waals surface area contributed by atoms with Crippen molar-refractivity contribution in [3.05, 3.63) is 71.3 Å². The number of rotatable bonds is 2. The number of halogens is 1. The Morgan fingerprint density at radius 3 is 2.39 bits per heavy atom. The van der Waals surface area contributed by atoms with Crippen molar-refractivity contribution in [2.24, 2.45) is 5.73 Å². The smallest absolute Gasteiger partial charge is 0.242 e. The molecule has 2 aromatic carbocycles. The van der Waals surface area contributed by atoms with Crippen molar-refractivity contribution in [3.63, 3.8) is 0 Å². The highest BCUT2D eigenvalue weighted by atomic mass is 35.5. The zero-order chi connectivity index (χ0) is 15.2. The van der Waals surface area contributed by atoms with Gasteiger partial charge in [0.2, 0.25) is 5.91 Å². The molecule has 1 amide bonds. The van der Waals surface area contributed by atoms with Gasteiger partial charge in [0.1, 0.15) is 0 Å². The standard InChI is InChI=1S/C19H20N2O.ClH/c20-19(10-11-19)18(22)21-12-15-8-4-5-9-16(15)17(13-21)14-6-2-1-3-7-14;/h1-9,17H,10-13,20H2;1H. The summed E-state index contributed by atoms with van der Waals surface area (Å²) in [7, 11) is 0. The van der Waals surface area contributed by atoms with E-state index in [0.717, 1.165) is 19.4 Å². The van der Waals surface area contributed by atoms with Gasteiger partial charge in [-0.15, -0.1) is 12.4 Å². The van der Waals surface area contributed by atoms with Crippen molar-refractivity contribution in [2.75, 3.05) is 6.54 Å². The predicted octanol–water partition coefficient (Wildman–Crippen LogP) is 3.07. The second-order valence-corrected chi connectivity index (χ2v) is 6.50. The molecule has 1 aliphatic heterocycles. The molecule has 2 aliphatic rings. The van der Waals surface area contributed by atoms with Crippen molar-refractivity contribution in [3.8, 4) is 0 Å². The molecule has 0 saturated heterocycles. The van der Waals surface area contributed by atoms with Crippen molar-refractivity contribution < 1.29 is 4.79 Å². The Bertz CT molecular complexity index is 712. The first-order valence-electron chi connectivity index (χ1n) is 7.88. The molecule has 23 heavy (non-hydrogen) atoms. The average molecular weight is 329 g/mol. The van der Waals surface area contributed by atoms with Crippen molar-refractivity contribution in [2.45, 2.75) is 30.8 Å². The molecule has 1 fully saturated rings. The van der Waals surface area contributed by atoms with Crippen molar-refractivity contribution in [1.82, 2.24) is 4.90 Å². The Kier molecular flexibility index (Phi) is 4.17. The second kappa shape index (κ2) is 5.99. The lowest BCUT2D eigenvalue weighted by Gasteiger charge is -2.36. The lowest BCUT2D eigenvalue weighted by Crippen LogP contribution is -2.48.